The van der Waals surface area contributed by atoms with Crippen LogP contribution in [0.5, 0.6) is 5.75 Å². The number of carbonyl (C=O) groups excluding carboxylic acids is 1. The minimum Gasteiger partial charge on any atom is -0.488 e. The number of halogens is 3. The summed E-state index contributed by atoms with van der Waals surface area (Å²) in [6.07, 6.45) is -1.18. The number of ether oxygens (including phenoxy) is 1. The quantitative estimate of drug-likeness (QED) is 0.225. The number of hydrogen-bond donors (Lipinski definition) is 2. The third kappa shape index (κ3) is 4.90. The summed E-state index contributed by atoms with van der Waals surface area (Å²) in [5.41, 5.74) is 4.51. The Balaban J connectivity index is 1.30. The molecule has 1 aromatic heterocycles. The third-order valence-corrected chi connectivity index (χ3v) is 5.67. The van der Waals surface area contributed by atoms with Crippen molar-refractivity contribution in [2.24, 2.45) is 5.10 Å². The summed E-state index contributed by atoms with van der Waals surface area (Å²) >= 11 is 0. The molecule has 6 nitrogen and oxygen atoms in total. The minimum absolute atomic E-state index is 0.118. The maximum absolute atomic E-state index is 12.8. The van der Waals surface area contributed by atoms with Crippen molar-refractivity contribution in [2.75, 3.05) is 0 Å². The number of hydrogen-bond acceptors (Lipinski definition) is 4. The molecule has 5 aromatic rings. The highest BCUT2D eigenvalue weighted by atomic mass is 19.4. The number of aromatic nitrogens is 2. The smallest absolute Gasteiger partial charge is 0.416 e. The lowest BCUT2D eigenvalue weighted by Gasteiger charge is -2.12. The van der Waals surface area contributed by atoms with E-state index < -0.39 is 11.7 Å². The second-order valence-corrected chi connectivity index (χ2v) is 8.05. The fourth-order valence-electron chi connectivity index (χ4n) is 3.79. The summed E-state index contributed by atoms with van der Waals surface area (Å²) in [6, 6.07) is 21.2. The van der Waals surface area contributed by atoms with Crippen LogP contribution in [0.2, 0.25) is 0 Å². The van der Waals surface area contributed by atoms with Crippen LogP contribution < -0.4 is 10.2 Å². The maximum Gasteiger partial charge on any atom is 0.416 e. The van der Waals surface area contributed by atoms with Gasteiger partial charge in [0.1, 0.15) is 12.4 Å². The molecule has 5 rings (SSSR count). The Morgan fingerprint density at radius 2 is 1.78 bits per heavy atom. The van der Waals surface area contributed by atoms with Crippen molar-refractivity contribution in [3.63, 3.8) is 0 Å². The van der Waals surface area contributed by atoms with E-state index in [1.165, 1.54) is 12.1 Å². The van der Waals surface area contributed by atoms with Crippen molar-refractivity contribution in [1.29, 1.82) is 0 Å². The Morgan fingerprint density at radius 3 is 2.56 bits per heavy atom. The van der Waals surface area contributed by atoms with Gasteiger partial charge in [0.25, 0.3) is 5.91 Å². The zero-order chi connectivity index (χ0) is 25.1. The maximum atomic E-state index is 12.8. The molecular weight excluding hydrogens is 469 g/mol. The zero-order valence-corrected chi connectivity index (χ0v) is 18.7. The Kier molecular flexibility index (Phi) is 6.12. The minimum atomic E-state index is -4.38. The first kappa shape index (κ1) is 23.1. The SMILES string of the molecule is O=C(N/N=C/c1ccc(OCc2ccc(C(F)(F)F)cc2)c2ccccc12)c1ccc2[nH]ncc2c1. The van der Waals surface area contributed by atoms with Gasteiger partial charge in [-0.15, -0.1) is 0 Å². The molecule has 0 spiro atoms. The van der Waals surface area contributed by atoms with Crippen LogP contribution in [0.1, 0.15) is 27.0 Å². The topological polar surface area (TPSA) is 79.4 Å². The van der Waals surface area contributed by atoms with Gasteiger partial charge in [-0.05, 0) is 53.4 Å². The number of hydrazone groups is 1. The molecule has 0 bridgehead atoms. The fourth-order valence-corrected chi connectivity index (χ4v) is 3.79. The molecule has 0 radical (unpaired) electrons. The predicted octanol–water partition coefficient (Wildman–Crippen LogP) is 6.08. The monoisotopic (exact) mass is 488 g/mol. The van der Waals surface area contributed by atoms with E-state index in [0.717, 1.165) is 39.4 Å². The standard InChI is InChI=1S/C27H19F3N4O2/c28-27(29,30)21-9-5-17(6-10-21)16-36-25-12-8-19(22-3-1-2-4-23(22)25)14-32-34-26(35)18-7-11-24-20(13-18)15-31-33-24/h1-15H,16H2,(H,31,33)(H,34,35)/b32-14+. The van der Waals surface area contributed by atoms with Gasteiger partial charge in [0.05, 0.1) is 23.5 Å². The van der Waals surface area contributed by atoms with E-state index in [4.69, 9.17) is 4.74 Å². The molecule has 2 N–H and O–H groups in total. The van der Waals surface area contributed by atoms with Crippen LogP contribution >= 0.6 is 0 Å². The van der Waals surface area contributed by atoms with Crippen molar-refractivity contribution < 1.29 is 22.7 Å². The van der Waals surface area contributed by atoms with Gasteiger partial charge >= 0.3 is 6.18 Å². The Morgan fingerprint density at radius 1 is 1.00 bits per heavy atom. The number of fused-ring (bicyclic) bond motifs is 2. The molecule has 1 amide bonds. The van der Waals surface area contributed by atoms with Crippen LogP contribution in [0.25, 0.3) is 21.7 Å². The van der Waals surface area contributed by atoms with E-state index in [2.05, 4.69) is 20.7 Å². The van der Waals surface area contributed by atoms with Crippen LogP contribution in [0.4, 0.5) is 13.2 Å². The van der Waals surface area contributed by atoms with E-state index in [1.54, 1.807) is 42.7 Å². The van der Waals surface area contributed by atoms with Gasteiger partial charge in [-0.2, -0.15) is 23.4 Å². The number of amides is 1. The first-order chi connectivity index (χ1) is 17.4. The number of rotatable bonds is 6. The molecule has 0 atom stereocenters. The molecule has 1 heterocycles. The number of aromatic amines is 1. The molecular formula is C27H19F3N4O2. The zero-order valence-electron chi connectivity index (χ0n) is 18.7. The summed E-state index contributed by atoms with van der Waals surface area (Å²) in [5, 5.41) is 13.4. The van der Waals surface area contributed by atoms with Gasteiger partial charge in [-0.1, -0.05) is 36.4 Å². The second-order valence-electron chi connectivity index (χ2n) is 8.05. The van der Waals surface area contributed by atoms with Crippen LogP contribution in [0, 0.1) is 0 Å². The molecule has 0 saturated carbocycles. The highest BCUT2D eigenvalue weighted by molar-refractivity contribution is 6.03. The molecule has 0 saturated heterocycles. The van der Waals surface area contributed by atoms with Gasteiger partial charge in [-0.3, -0.25) is 9.89 Å². The molecule has 0 aliphatic carbocycles. The Hall–Kier alpha value is -4.66. The molecule has 4 aromatic carbocycles. The summed E-state index contributed by atoms with van der Waals surface area (Å²) < 4.78 is 44.2. The van der Waals surface area contributed by atoms with E-state index in [9.17, 15) is 18.0 Å². The lowest BCUT2D eigenvalue weighted by Crippen LogP contribution is -2.17. The van der Waals surface area contributed by atoms with Gasteiger partial charge in [0, 0.05) is 21.9 Å². The summed E-state index contributed by atoms with van der Waals surface area (Å²) in [4.78, 5) is 12.5. The van der Waals surface area contributed by atoms with Crippen molar-refractivity contribution in [3.8, 4) is 5.75 Å². The van der Waals surface area contributed by atoms with Crippen molar-refractivity contribution >= 4 is 33.8 Å². The molecule has 180 valence electrons. The number of H-pyrrole nitrogens is 1. The first-order valence-electron chi connectivity index (χ1n) is 11.0. The summed E-state index contributed by atoms with van der Waals surface area (Å²) in [5.74, 6) is 0.232. The highest BCUT2D eigenvalue weighted by Crippen LogP contribution is 2.31. The average molecular weight is 488 g/mol. The third-order valence-electron chi connectivity index (χ3n) is 5.67. The van der Waals surface area contributed by atoms with Crippen LogP contribution in [-0.4, -0.2) is 22.3 Å². The van der Waals surface area contributed by atoms with Crippen molar-refractivity contribution in [3.05, 3.63) is 107 Å². The van der Waals surface area contributed by atoms with Crippen LogP contribution in [0.3, 0.4) is 0 Å². The lowest BCUT2D eigenvalue weighted by atomic mass is 10.0. The second kappa shape index (κ2) is 9.53. The number of alkyl halides is 3. The Labute approximate surface area is 203 Å². The molecule has 0 fully saturated rings. The van der Waals surface area contributed by atoms with Crippen molar-refractivity contribution in [1.82, 2.24) is 15.6 Å². The molecule has 0 unspecified atom stereocenters. The number of carbonyl (C=O) groups is 1. The van der Waals surface area contributed by atoms with Crippen LogP contribution in [0.15, 0.2) is 90.2 Å². The molecule has 0 aliphatic heterocycles. The first-order valence-corrected chi connectivity index (χ1v) is 11.0. The van der Waals surface area contributed by atoms with Gasteiger partial charge in [0.15, 0.2) is 0 Å². The van der Waals surface area contributed by atoms with E-state index in [-0.39, 0.29) is 12.5 Å². The normalized spacial score (nSPS) is 11.9. The van der Waals surface area contributed by atoms with E-state index in [1.807, 2.05) is 24.3 Å². The van der Waals surface area contributed by atoms with Crippen LogP contribution in [-0.2, 0) is 12.8 Å². The van der Waals surface area contributed by atoms with Gasteiger partial charge in [-0.25, -0.2) is 5.43 Å². The van der Waals surface area contributed by atoms with E-state index in [0.29, 0.717) is 16.9 Å². The fraction of sp³-hybridized carbons (Fsp3) is 0.0741. The Bertz CT molecular complexity index is 1570. The van der Waals surface area contributed by atoms with Crippen molar-refractivity contribution in [2.45, 2.75) is 12.8 Å². The largest absolute Gasteiger partial charge is 0.488 e. The number of nitrogens with zero attached hydrogens (tertiary/aromatic N) is 2. The molecule has 0 aliphatic rings. The lowest BCUT2D eigenvalue weighted by molar-refractivity contribution is -0.137. The predicted molar refractivity (Wildman–Crippen MR) is 131 cm³/mol. The molecule has 9 heteroatoms. The highest BCUT2D eigenvalue weighted by Gasteiger charge is 2.29. The molecule has 36 heavy (non-hydrogen) atoms. The van der Waals surface area contributed by atoms with E-state index >= 15 is 0 Å². The number of nitrogens with one attached hydrogen (secondary N) is 2. The van der Waals surface area contributed by atoms with Gasteiger partial charge < -0.3 is 4.74 Å². The van der Waals surface area contributed by atoms with Gasteiger partial charge in [0.2, 0.25) is 0 Å². The summed E-state index contributed by atoms with van der Waals surface area (Å²) in [7, 11) is 0. The average Bonchev–Trinajstić information content (AvgIpc) is 3.36. The summed E-state index contributed by atoms with van der Waals surface area (Å²) in [6.45, 7) is 0.118. The number of benzene rings is 4.